The summed E-state index contributed by atoms with van der Waals surface area (Å²) < 4.78 is 5.43. The van der Waals surface area contributed by atoms with Gasteiger partial charge < -0.3 is 15.0 Å². The molecule has 0 radical (unpaired) electrons. The van der Waals surface area contributed by atoms with Gasteiger partial charge in [-0.25, -0.2) is 0 Å². The van der Waals surface area contributed by atoms with Crippen molar-refractivity contribution < 1.29 is 4.74 Å². The molecule has 23 heavy (non-hydrogen) atoms. The van der Waals surface area contributed by atoms with Crippen molar-refractivity contribution in [2.45, 2.75) is 25.3 Å². The molecule has 1 atom stereocenters. The zero-order chi connectivity index (χ0) is 16.1. The third-order valence-electron chi connectivity index (χ3n) is 4.64. The summed E-state index contributed by atoms with van der Waals surface area (Å²) in [5.41, 5.74) is 2.25. The van der Waals surface area contributed by atoms with Crippen molar-refractivity contribution in [2.75, 3.05) is 32.1 Å². The summed E-state index contributed by atoms with van der Waals surface area (Å²) in [5.74, 6) is 0.907. The normalized spacial score (nSPS) is 17.7. The molecule has 3 rings (SSSR count). The van der Waals surface area contributed by atoms with Crippen LogP contribution in [0.4, 0.5) is 5.69 Å². The molecule has 1 aliphatic heterocycles. The first-order chi connectivity index (χ1) is 11.2. The molecule has 3 nitrogen and oxygen atoms in total. The molecule has 1 fully saturated rings. The number of anilines is 1. The Bertz CT molecular complexity index is 623. The van der Waals surface area contributed by atoms with Crippen LogP contribution in [0.5, 0.6) is 5.75 Å². The molecule has 0 aromatic heterocycles. The molecule has 0 spiro atoms. The highest BCUT2D eigenvalue weighted by molar-refractivity contribution is 5.48. The SMILES string of the molecule is COc1cccc(C(C)(CN2CCCC2)Nc2ccccc2)c1. The number of ether oxygens (including phenoxy) is 1. The largest absolute Gasteiger partial charge is 0.497 e. The first-order valence-electron chi connectivity index (χ1n) is 8.40. The number of hydrogen-bond donors (Lipinski definition) is 1. The van der Waals surface area contributed by atoms with E-state index in [0.717, 1.165) is 18.0 Å². The Morgan fingerprint density at radius 3 is 2.48 bits per heavy atom. The van der Waals surface area contributed by atoms with Crippen LogP contribution >= 0.6 is 0 Å². The van der Waals surface area contributed by atoms with E-state index >= 15 is 0 Å². The van der Waals surface area contributed by atoms with Gasteiger partial charge in [0.25, 0.3) is 0 Å². The highest BCUT2D eigenvalue weighted by Crippen LogP contribution is 2.30. The number of rotatable bonds is 6. The molecular weight excluding hydrogens is 284 g/mol. The zero-order valence-corrected chi connectivity index (χ0v) is 14.1. The van der Waals surface area contributed by atoms with E-state index < -0.39 is 0 Å². The van der Waals surface area contributed by atoms with Crippen molar-refractivity contribution in [1.29, 1.82) is 0 Å². The fourth-order valence-electron chi connectivity index (χ4n) is 3.40. The van der Waals surface area contributed by atoms with Crippen LogP contribution in [0.1, 0.15) is 25.3 Å². The van der Waals surface area contributed by atoms with Crippen molar-refractivity contribution in [3.8, 4) is 5.75 Å². The van der Waals surface area contributed by atoms with Crippen LogP contribution in [0.15, 0.2) is 54.6 Å². The molecule has 2 aromatic carbocycles. The summed E-state index contributed by atoms with van der Waals surface area (Å²) in [6, 6.07) is 18.9. The van der Waals surface area contributed by atoms with Crippen LogP contribution in [0.25, 0.3) is 0 Å². The van der Waals surface area contributed by atoms with E-state index in [0.29, 0.717) is 0 Å². The van der Waals surface area contributed by atoms with E-state index in [4.69, 9.17) is 4.74 Å². The average molecular weight is 310 g/mol. The third kappa shape index (κ3) is 3.85. The fraction of sp³-hybridized carbons (Fsp3) is 0.400. The minimum Gasteiger partial charge on any atom is -0.497 e. The van der Waals surface area contributed by atoms with Gasteiger partial charge in [0, 0.05) is 12.2 Å². The van der Waals surface area contributed by atoms with Crippen LogP contribution in [-0.2, 0) is 5.54 Å². The van der Waals surface area contributed by atoms with Crippen LogP contribution in [0, 0.1) is 0 Å². The van der Waals surface area contributed by atoms with Crippen molar-refractivity contribution in [1.82, 2.24) is 4.90 Å². The lowest BCUT2D eigenvalue weighted by Crippen LogP contribution is -2.43. The van der Waals surface area contributed by atoms with Gasteiger partial charge in [0.1, 0.15) is 5.75 Å². The number of nitrogens with one attached hydrogen (secondary N) is 1. The first kappa shape index (κ1) is 15.9. The van der Waals surface area contributed by atoms with Crippen LogP contribution in [0.3, 0.4) is 0 Å². The van der Waals surface area contributed by atoms with Gasteiger partial charge in [-0.1, -0.05) is 30.3 Å². The van der Waals surface area contributed by atoms with Crippen LogP contribution < -0.4 is 10.1 Å². The van der Waals surface area contributed by atoms with Crippen molar-refractivity contribution in [3.63, 3.8) is 0 Å². The Labute approximate surface area is 139 Å². The van der Waals surface area contributed by atoms with Crippen LogP contribution in [0.2, 0.25) is 0 Å². The summed E-state index contributed by atoms with van der Waals surface area (Å²) in [6.45, 7) is 5.66. The molecule has 0 saturated carbocycles. The Morgan fingerprint density at radius 1 is 1.04 bits per heavy atom. The molecule has 1 unspecified atom stereocenters. The lowest BCUT2D eigenvalue weighted by Gasteiger charge is -2.36. The predicted molar refractivity (Wildman–Crippen MR) is 96.1 cm³/mol. The Kier molecular flexibility index (Phi) is 4.87. The average Bonchev–Trinajstić information content (AvgIpc) is 3.08. The molecule has 3 heteroatoms. The molecule has 0 amide bonds. The molecule has 1 aliphatic rings. The second-order valence-corrected chi connectivity index (χ2v) is 6.54. The molecule has 0 bridgehead atoms. The van der Waals surface area contributed by atoms with Gasteiger partial charge in [0.15, 0.2) is 0 Å². The van der Waals surface area contributed by atoms with Crippen molar-refractivity contribution >= 4 is 5.69 Å². The maximum Gasteiger partial charge on any atom is 0.119 e. The van der Waals surface area contributed by atoms with E-state index in [9.17, 15) is 0 Å². The summed E-state index contributed by atoms with van der Waals surface area (Å²) in [5, 5.41) is 3.75. The second kappa shape index (κ2) is 7.05. The molecule has 0 aliphatic carbocycles. The van der Waals surface area contributed by atoms with E-state index in [1.165, 1.54) is 31.5 Å². The smallest absolute Gasteiger partial charge is 0.119 e. The number of nitrogens with zero attached hydrogens (tertiary/aromatic N) is 1. The number of likely N-dealkylation sites (tertiary alicyclic amines) is 1. The Balaban J connectivity index is 1.90. The van der Waals surface area contributed by atoms with Gasteiger partial charge in [0.05, 0.1) is 12.6 Å². The van der Waals surface area contributed by atoms with Gasteiger partial charge in [-0.15, -0.1) is 0 Å². The van der Waals surface area contributed by atoms with E-state index in [1.54, 1.807) is 7.11 Å². The van der Waals surface area contributed by atoms with Gasteiger partial charge >= 0.3 is 0 Å². The van der Waals surface area contributed by atoms with Crippen LogP contribution in [-0.4, -0.2) is 31.6 Å². The number of benzene rings is 2. The molecule has 2 aromatic rings. The Morgan fingerprint density at radius 2 is 1.78 bits per heavy atom. The lowest BCUT2D eigenvalue weighted by molar-refractivity contribution is 0.274. The van der Waals surface area contributed by atoms with E-state index in [1.807, 2.05) is 6.07 Å². The summed E-state index contributed by atoms with van der Waals surface area (Å²) in [6.07, 6.45) is 2.61. The molecule has 122 valence electrons. The quantitative estimate of drug-likeness (QED) is 0.868. The number of hydrogen-bond acceptors (Lipinski definition) is 3. The number of methoxy groups -OCH3 is 1. The van der Waals surface area contributed by atoms with Gasteiger partial charge in [0.2, 0.25) is 0 Å². The van der Waals surface area contributed by atoms with Gasteiger partial charge in [-0.3, -0.25) is 0 Å². The van der Waals surface area contributed by atoms with Gasteiger partial charge in [-0.05, 0) is 62.7 Å². The highest BCUT2D eigenvalue weighted by atomic mass is 16.5. The van der Waals surface area contributed by atoms with E-state index in [2.05, 4.69) is 65.7 Å². The van der Waals surface area contributed by atoms with Gasteiger partial charge in [-0.2, -0.15) is 0 Å². The lowest BCUT2D eigenvalue weighted by atomic mass is 9.90. The second-order valence-electron chi connectivity index (χ2n) is 6.54. The number of para-hydroxylation sites is 1. The van der Waals surface area contributed by atoms with E-state index in [-0.39, 0.29) is 5.54 Å². The molecule has 1 heterocycles. The predicted octanol–water partition coefficient (Wildman–Crippen LogP) is 4.12. The molecule has 1 saturated heterocycles. The fourth-order valence-corrected chi connectivity index (χ4v) is 3.40. The summed E-state index contributed by atoms with van der Waals surface area (Å²) in [4.78, 5) is 2.55. The molecule has 1 N–H and O–H groups in total. The summed E-state index contributed by atoms with van der Waals surface area (Å²) in [7, 11) is 1.72. The maximum atomic E-state index is 5.43. The Hall–Kier alpha value is -2.00. The standard InChI is InChI=1S/C20H26N2O/c1-20(16-22-13-6-7-14-22,21-18-10-4-3-5-11-18)17-9-8-12-19(15-17)23-2/h3-5,8-12,15,21H,6-7,13-14,16H2,1-2H3. The maximum absolute atomic E-state index is 5.43. The topological polar surface area (TPSA) is 24.5 Å². The monoisotopic (exact) mass is 310 g/mol. The summed E-state index contributed by atoms with van der Waals surface area (Å²) >= 11 is 0. The minimum atomic E-state index is -0.153. The first-order valence-corrected chi connectivity index (χ1v) is 8.40. The highest BCUT2D eigenvalue weighted by Gasteiger charge is 2.30. The molecular formula is C20H26N2O. The van der Waals surface area contributed by atoms with Crippen molar-refractivity contribution in [3.05, 3.63) is 60.2 Å². The van der Waals surface area contributed by atoms with Crippen molar-refractivity contribution in [2.24, 2.45) is 0 Å². The zero-order valence-electron chi connectivity index (χ0n) is 14.1. The third-order valence-corrected chi connectivity index (χ3v) is 4.64. The minimum absolute atomic E-state index is 0.153.